The molecule has 9 heteroatoms. The van der Waals surface area contributed by atoms with Crippen LogP contribution in [0.3, 0.4) is 0 Å². The molecule has 37 heavy (non-hydrogen) atoms. The molecule has 2 heterocycles. The molecule has 194 valence electrons. The van der Waals surface area contributed by atoms with Crippen LogP contribution in [-0.2, 0) is 33.3 Å². The van der Waals surface area contributed by atoms with Gasteiger partial charge in [-0.1, -0.05) is 6.07 Å². The minimum absolute atomic E-state index is 0.0493. The molecule has 1 aromatic heterocycles. The molecule has 1 aliphatic heterocycles. The minimum Gasteiger partial charge on any atom is -0.465 e. The fraction of sp³-hybridized carbons (Fsp3) is 0.429. The fourth-order valence-electron chi connectivity index (χ4n) is 4.79. The van der Waals surface area contributed by atoms with Crippen molar-refractivity contribution in [1.29, 1.82) is 5.26 Å². The van der Waals surface area contributed by atoms with Crippen LogP contribution in [0.4, 0.5) is 5.69 Å². The first-order valence-corrected chi connectivity index (χ1v) is 12.7. The van der Waals surface area contributed by atoms with E-state index in [4.69, 9.17) is 15.0 Å². The Morgan fingerprint density at radius 1 is 1.16 bits per heavy atom. The van der Waals surface area contributed by atoms with Crippen molar-refractivity contribution in [1.82, 2.24) is 19.8 Å². The van der Waals surface area contributed by atoms with Crippen molar-refractivity contribution in [2.24, 2.45) is 7.05 Å². The molecule has 1 atom stereocenters. The maximum Gasteiger partial charge on any atom is 0.319 e. The zero-order valence-corrected chi connectivity index (χ0v) is 21.7. The van der Waals surface area contributed by atoms with Crippen molar-refractivity contribution >= 4 is 28.6 Å². The summed E-state index contributed by atoms with van der Waals surface area (Å²) in [6.07, 6.45) is 2.01. The third kappa shape index (κ3) is 5.75. The quantitative estimate of drug-likeness (QED) is 0.410. The number of rotatable bonds is 10. The second kappa shape index (κ2) is 11.4. The number of nitrogens with zero attached hydrogens (tertiary/aromatic N) is 4. The Labute approximate surface area is 217 Å². The molecule has 2 N–H and O–H groups in total. The zero-order valence-electron chi connectivity index (χ0n) is 21.7. The van der Waals surface area contributed by atoms with Gasteiger partial charge in [0.1, 0.15) is 5.82 Å². The molecule has 1 aliphatic rings. The summed E-state index contributed by atoms with van der Waals surface area (Å²) in [5, 5.41) is 15.5. The molecule has 4 rings (SSSR count). The van der Waals surface area contributed by atoms with Crippen LogP contribution in [0.15, 0.2) is 42.5 Å². The average molecular weight is 503 g/mol. The van der Waals surface area contributed by atoms with Crippen molar-refractivity contribution in [3.8, 4) is 6.07 Å². The van der Waals surface area contributed by atoms with Crippen molar-refractivity contribution < 1.29 is 14.3 Å². The van der Waals surface area contributed by atoms with Crippen molar-refractivity contribution in [2.45, 2.75) is 38.6 Å². The molecule has 2 aromatic carbocycles. The highest BCUT2D eigenvalue weighted by molar-refractivity contribution is 5.90. The van der Waals surface area contributed by atoms with Crippen LogP contribution < -0.4 is 10.6 Å². The third-order valence-corrected chi connectivity index (χ3v) is 6.99. The Balaban J connectivity index is 1.57. The summed E-state index contributed by atoms with van der Waals surface area (Å²) in [5.41, 5.74) is 3.30. The van der Waals surface area contributed by atoms with Gasteiger partial charge in [-0.15, -0.1) is 0 Å². The number of carbonyl (C=O) groups excluding carboxylic acids is 2. The minimum atomic E-state index is -0.858. The van der Waals surface area contributed by atoms with Gasteiger partial charge in [-0.2, -0.15) is 5.26 Å². The highest BCUT2D eigenvalue weighted by atomic mass is 16.5. The lowest BCUT2D eigenvalue weighted by Gasteiger charge is -2.33. The number of hydrogen-bond donors (Lipinski definition) is 2. The number of nitriles is 1. The first-order chi connectivity index (χ1) is 17.9. The summed E-state index contributed by atoms with van der Waals surface area (Å²) >= 11 is 0. The van der Waals surface area contributed by atoms with Gasteiger partial charge in [0, 0.05) is 32.4 Å². The molecule has 0 bridgehead atoms. The zero-order chi connectivity index (χ0) is 26.4. The lowest BCUT2D eigenvalue weighted by atomic mass is 9.80. The van der Waals surface area contributed by atoms with Gasteiger partial charge in [0.2, 0.25) is 5.91 Å². The Morgan fingerprint density at radius 2 is 1.89 bits per heavy atom. The predicted octanol–water partition coefficient (Wildman–Crippen LogP) is 3.09. The summed E-state index contributed by atoms with van der Waals surface area (Å²) in [6, 6.07) is 15.4. The SMILES string of the molecule is CCOC(=O)CNCC(C)(C(=O)N1CCCC1)c1ccc2c(c1)nc(CNc1ccc(C#N)cc1)n2C. The number of aromatic nitrogens is 2. The molecule has 9 nitrogen and oxygen atoms in total. The van der Waals surface area contributed by atoms with Crippen molar-refractivity contribution in [2.75, 3.05) is 38.1 Å². The molecular formula is C28H34N6O3. The van der Waals surface area contributed by atoms with Gasteiger partial charge < -0.3 is 24.8 Å². The Bertz CT molecular complexity index is 1300. The number of ether oxygens (including phenoxy) is 1. The Hall–Kier alpha value is -3.90. The van der Waals surface area contributed by atoms with Crippen LogP contribution in [0.5, 0.6) is 0 Å². The van der Waals surface area contributed by atoms with E-state index in [-0.39, 0.29) is 18.4 Å². The lowest BCUT2D eigenvalue weighted by molar-refractivity contribution is -0.142. The van der Waals surface area contributed by atoms with E-state index < -0.39 is 5.41 Å². The number of hydrogen-bond acceptors (Lipinski definition) is 7. The number of esters is 1. The third-order valence-electron chi connectivity index (χ3n) is 6.99. The van der Waals surface area contributed by atoms with Gasteiger partial charge in [-0.25, -0.2) is 4.98 Å². The van der Waals surface area contributed by atoms with Gasteiger partial charge in [-0.3, -0.25) is 9.59 Å². The number of anilines is 1. The summed E-state index contributed by atoms with van der Waals surface area (Å²) < 4.78 is 7.07. The topological polar surface area (TPSA) is 112 Å². The molecule has 1 unspecified atom stereocenters. The van der Waals surface area contributed by atoms with Crippen LogP contribution in [-0.4, -0.2) is 59.1 Å². The molecule has 0 radical (unpaired) electrons. The second-order valence-corrected chi connectivity index (χ2v) is 9.57. The molecule has 0 aliphatic carbocycles. The van der Waals surface area contributed by atoms with E-state index in [0.29, 0.717) is 25.3 Å². The Morgan fingerprint density at radius 3 is 2.57 bits per heavy atom. The molecule has 1 amide bonds. The number of carbonyl (C=O) groups is 2. The standard InChI is InChI=1S/C28H34N6O3/c1-4-37-26(35)18-30-19-28(2,27(36)34-13-5-6-14-34)21-9-12-24-23(15-21)32-25(33(24)3)17-31-22-10-7-20(16-29)8-11-22/h7-12,15,30-31H,4-6,13-14,17-19H2,1-3H3. The normalized spacial score (nSPS) is 14.8. The monoisotopic (exact) mass is 502 g/mol. The van der Waals surface area contributed by atoms with Crippen LogP contribution in [0.25, 0.3) is 11.0 Å². The number of nitrogens with one attached hydrogen (secondary N) is 2. The average Bonchev–Trinajstić information content (AvgIpc) is 3.55. The van der Waals surface area contributed by atoms with Crippen LogP contribution >= 0.6 is 0 Å². The van der Waals surface area contributed by atoms with Gasteiger partial charge in [-0.05, 0) is 68.7 Å². The molecular weight excluding hydrogens is 468 g/mol. The van der Waals surface area contributed by atoms with Gasteiger partial charge >= 0.3 is 5.97 Å². The molecule has 0 spiro atoms. The summed E-state index contributed by atoms with van der Waals surface area (Å²) in [5.74, 6) is 0.571. The molecule has 0 saturated carbocycles. The lowest BCUT2D eigenvalue weighted by Crippen LogP contribution is -2.50. The first kappa shape index (κ1) is 26.2. The van der Waals surface area contributed by atoms with Crippen LogP contribution in [0.2, 0.25) is 0 Å². The van der Waals surface area contributed by atoms with E-state index in [2.05, 4.69) is 16.7 Å². The largest absolute Gasteiger partial charge is 0.465 e. The van der Waals surface area contributed by atoms with Crippen LogP contribution in [0, 0.1) is 11.3 Å². The van der Waals surface area contributed by atoms with Gasteiger partial charge in [0.05, 0.1) is 47.8 Å². The number of aryl methyl sites for hydroxylation is 1. The van der Waals surface area contributed by atoms with E-state index in [1.165, 1.54) is 0 Å². The predicted molar refractivity (Wildman–Crippen MR) is 142 cm³/mol. The van der Waals surface area contributed by atoms with Gasteiger partial charge in [0.25, 0.3) is 0 Å². The van der Waals surface area contributed by atoms with E-state index in [1.54, 1.807) is 19.1 Å². The highest BCUT2D eigenvalue weighted by Crippen LogP contribution is 2.30. The van der Waals surface area contributed by atoms with E-state index >= 15 is 0 Å². The smallest absolute Gasteiger partial charge is 0.319 e. The molecule has 1 fully saturated rings. The summed E-state index contributed by atoms with van der Waals surface area (Å²) in [6.45, 7) is 6.41. The number of likely N-dealkylation sites (tertiary alicyclic amines) is 1. The van der Waals surface area contributed by atoms with E-state index in [1.807, 2.05) is 53.8 Å². The summed E-state index contributed by atoms with van der Waals surface area (Å²) in [7, 11) is 1.97. The number of imidazole rings is 1. The van der Waals surface area contributed by atoms with Crippen molar-refractivity contribution in [3.63, 3.8) is 0 Å². The van der Waals surface area contributed by atoms with E-state index in [9.17, 15) is 9.59 Å². The fourth-order valence-corrected chi connectivity index (χ4v) is 4.79. The Kier molecular flexibility index (Phi) is 8.09. The highest BCUT2D eigenvalue weighted by Gasteiger charge is 2.39. The van der Waals surface area contributed by atoms with Crippen molar-refractivity contribution in [3.05, 3.63) is 59.4 Å². The van der Waals surface area contributed by atoms with Gasteiger partial charge in [0.15, 0.2) is 0 Å². The maximum absolute atomic E-state index is 13.7. The van der Waals surface area contributed by atoms with E-state index in [0.717, 1.165) is 54.0 Å². The summed E-state index contributed by atoms with van der Waals surface area (Å²) in [4.78, 5) is 32.4. The first-order valence-electron chi connectivity index (χ1n) is 12.7. The second-order valence-electron chi connectivity index (χ2n) is 9.57. The molecule has 3 aromatic rings. The number of fused-ring (bicyclic) bond motifs is 1. The number of benzene rings is 2. The maximum atomic E-state index is 13.7. The van der Waals surface area contributed by atoms with Crippen LogP contribution in [0.1, 0.15) is 43.6 Å². The number of amides is 1. The molecule has 1 saturated heterocycles.